The number of amides is 1. The van der Waals surface area contributed by atoms with E-state index in [4.69, 9.17) is 0 Å². The van der Waals surface area contributed by atoms with E-state index in [1.807, 2.05) is 17.0 Å². The SMILES string of the molecule is CN(C)S(=O)(=O)c1ccc2c(c1)CCN2C(=O)C1CCCN(Cc2ccc(Br)cc2)C1. The van der Waals surface area contributed by atoms with Crippen molar-refractivity contribution in [1.29, 1.82) is 0 Å². The van der Waals surface area contributed by atoms with Crippen LogP contribution in [-0.2, 0) is 27.8 Å². The molecule has 1 fully saturated rings. The largest absolute Gasteiger partial charge is 0.312 e. The van der Waals surface area contributed by atoms with E-state index in [0.717, 1.165) is 48.2 Å². The van der Waals surface area contributed by atoms with Gasteiger partial charge in [-0.2, -0.15) is 0 Å². The van der Waals surface area contributed by atoms with Crippen molar-refractivity contribution in [3.63, 3.8) is 0 Å². The Hall–Kier alpha value is -1.74. The zero-order chi connectivity index (χ0) is 22.2. The van der Waals surface area contributed by atoms with Gasteiger partial charge in [-0.25, -0.2) is 12.7 Å². The smallest absolute Gasteiger partial charge is 0.242 e. The molecule has 2 aromatic carbocycles. The van der Waals surface area contributed by atoms with Crippen LogP contribution in [0.25, 0.3) is 0 Å². The quantitative estimate of drug-likeness (QED) is 0.623. The third-order valence-electron chi connectivity index (χ3n) is 6.17. The summed E-state index contributed by atoms with van der Waals surface area (Å²) in [5.41, 5.74) is 3.03. The maximum Gasteiger partial charge on any atom is 0.242 e. The van der Waals surface area contributed by atoms with Gasteiger partial charge >= 0.3 is 0 Å². The first-order valence-corrected chi connectivity index (χ1v) is 12.8. The van der Waals surface area contributed by atoms with E-state index in [2.05, 4.69) is 33.0 Å². The molecule has 0 N–H and O–H groups in total. The summed E-state index contributed by atoms with van der Waals surface area (Å²) in [6, 6.07) is 13.5. The number of benzene rings is 2. The topological polar surface area (TPSA) is 60.9 Å². The summed E-state index contributed by atoms with van der Waals surface area (Å²) < 4.78 is 27.2. The maximum absolute atomic E-state index is 13.4. The molecule has 31 heavy (non-hydrogen) atoms. The summed E-state index contributed by atoms with van der Waals surface area (Å²) >= 11 is 3.47. The van der Waals surface area contributed by atoms with Crippen LogP contribution in [0.4, 0.5) is 5.69 Å². The van der Waals surface area contributed by atoms with Crippen LogP contribution in [0.1, 0.15) is 24.0 Å². The van der Waals surface area contributed by atoms with E-state index in [9.17, 15) is 13.2 Å². The second-order valence-electron chi connectivity index (χ2n) is 8.52. The highest BCUT2D eigenvalue weighted by atomic mass is 79.9. The summed E-state index contributed by atoms with van der Waals surface area (Å²) in [4.78, 5) is 17.9. The normalized spacial score (nSPS) is 19.6. The lowest BCUT2D eigenvalue weighted by atomic mass is 9.96. The maximum atomic E-state index is 13.4. The van der Waals surface area contributed by atoms with Crippen molar-refractivity contribution in [2.75, 3.05) is 38.6 Å². The van der Waals surface area contributed by atoms with Gasteiger partial charge in [-0.05, 0) is 67.3 Å². The zero-order valence-corrected chi connectivity index (χ0v) is 20.3. The van der Waals surface area contributed by atoms with Gasteiger partial charge in [-0.1, -0.05) is 28.1 Å². The fourth-order valence-electron chi connectivity index (χ4n) is 4.45. The van der Waals surface area contributed by atoms with E-state index in [1.54, 1.807) is 18.2 Å². The molecule has 0 saturated carbocycles. The van der Waals surface area contributed by atoms with Gasteiger partial charge in [0.05, 0.1) is 10.8 Å². The molecule has 4 rings (SSSR count). The number of hydrogen-bond donors (Lipinski definition) is 0. The predicted octanol–water partition coefficient (Wildman–Crippen LogP) is 3.50. The Bertz CT molecular complexity index is 1070. The fourth-order valence-corrected chi connectivity index (χ4v) is 5.66. The summed E-state index contributed by atoms with van der Waals surface area (Å²) in [5, 5.41) is 0. The zero-order valence-electron chi connectivity index (χ0n) is 17.9. The lowest BCUT2D eigenvalue weighted by Gasteiger charge is -2.34. The molecule has 0 aliphatic carbocycles. The average Bonchev–Trinajstić information content (AvgIpc) is 3.18. The van der Waals surface area contributed by atoms with Crippen molar-refractivity contribution in [2.24, 2.45) is 5.92 Å². The lowest BCUT2D eigenvalue weighted by Crippen LogP contribution is -2.44. The molecule has 0 bridgehead atoms. The Labute approximate surface area is 193 Å². The molecule has 0 spiro atoms. The number of fused-ring (bicyclic) bond motifs is 1. The molecule has 0 aromatic heterocycles. The lowest BCUT2D eigenvalue weighted by molar-refractivity contribution is -0.124. The highest BCUT2D eigenvalue weighted by Crippen LogP contribution is 2.33. The first-order valence-electron chi connectivity index (χ1n) is 10.6. The van der Waals surface area contributed by atoms with Gasteiger partial charge in [0, 0.05) is 43.9 Å². The van der Waals surface area contributed by atoms with Crippen LogP contribution >= 0.6 is 15.9 Å². The van der Waals surface area contributed by atoms with Crippen LogP contribution in [0, 0.1) is 5.92 Å². The van der Waals surface area contributed by atoms with Gasteiger partial charge in [-0.3, -0.25) is 9.69 Å². The number of anilines is 1. The van der Waals surface area contributed by atoms with Crippen LogP contribution in [0.3, 0.4) is 0 Å². The Morgan fingerprint density at radius 3 is 2.58 bits per heavy atom. The highest BCUT2D eigenvalue weighted by molar-refractivity contribution is 9.10. The highest BCUT2D eigenvalue weighted by Gasteiger charge is 2.33. The van der Waals surface area contributed by atoms with Crippen LogP contribution in [0.2, 0.25) is 0 Å². The van der Waals surface area contributed by atoms with Crippen LogP contribution in [0.5, 0.6) is 0 Å². The summed E-state index contributed by atoms with van der Waals surface area (Å²) in [7, 11) is -0.418. The Morgan fingerprint density at radius 1 is 1.13 bits per heavy atom. The van der Waals surface area contributed by atoms with Gasteiger partial charge < -0.3 is 4.90 Å². The summed E-state index contributed by atoms with van der Waals surface area (Å²) in [6.45, 7) is 3.22. The number of carbonyl (C=O) groups excluding carboxylic acids is 1. The number of sulfonamides is 1. The second kappa shape index (κ2) is 9.02. The third-order valence-corrected chi connectivity index (χ3v) is 8.51. The van der Waals surface area contributed by atoms with Gasteiger partial charge in [0.2, 0.25) is 15.9 Å². The summed E-state index contributed by atoms with van der Waals surface area (Å²) in [6.07, 6.45) is 2.59. The first-order chi connectivity index (χ1) is 14.8. The molecule has 2 aliphatic rings. The van der Waals surface area contributed by atoms with E-state index in [1.165, 1.54) is 24.0 Å². The molecule has 1 amide bonds. The molecule has 2 aromatic rings. The number of piperidine rings is 1. The van der Waals surface area contributed by atoms with E-state index in [-0.39, 0.29) is 16.7 Å². The molecular formula is C23H28BrN3O3S. The molecule has 8 heteroatoms. The van der Waals surface area contributed by atoms with Crippen LogP contribution in [-0.4, -0.2) is 57.3 Å². The molecule has 2 heterocycles. The Kier molecular flexibility index (Phi) is 6.53. The standard InChI is InChI=1S/C23H28BrN3O3S/c1-25(2)31(29,30)21-9-10-22-18(14-21)11-13-27(22)23(28)19-4-3-12-26(16-19)15-17-5-7-20(24)8-6-17/h5-10,14,19H,3-4,11-13,15-16H2,1-2H3. The predicted molar refractivity (Wildman–Crippen MR) is 126 cm³/mol. The Morgan fingerprint density at radius 2 is 1.87 bits per heavy atom. The minimum Gasteiger partial charge on any atom is -0.312 e. The van der Waals surface area contributed by atoms with Crippen molar-refractivity contribution in [2.45, 2.75) is 30.7 Å². The number of hydrogen-bond acceptors (Lipinski definition) is 4. The van der Waals surface area contributed by atoms with E-state index < -0.39 is 10.0 Å². The first kappa shape index (κ1) is 22.5. The van der Waals surface area contributed by atoms with Gasteiger partial charge in [0.25, 0.3) is 0 Å². The molecule has 1 atom stereocenters. The minimum absolute atomic E-state index is 0.0275. The fraction of sp³-hybridized carbons (Fsp3) is 0.435. The van der Waals surface area contributed by atoms with Crippen molar-refractivity contribution in [3.8, 4) is 0 Å². The van der Waals surface area contributed by atoms with Crippen LogP contribution in [0.15, 0.2) is 51.8 Å². The number of likely N-dealkylation sites (tertiary alicyclic amines) is 1. The summed E-state index contributed by atoms with van der Waals surface area (Å²) in [5.74, 6) is 0.128. The molecular weight excluding hydrogens is 478 g/mol. The minimum atomic E-state index is -3.48. The van der Waals surface area contributed by atoms with Gasteiger partial charge in [0.15, 0.2) is 0 Å². The van der Waals surface area contributed by atoms with E-state index in [0.29, 0.717) is 13.0 Å². The Balaban J connectivity index is 1.46. The second-order valence-corrected chi connectivity index (χ2v) is 11.6. The molecule has 6 nitrogen and oxygen atoms in total. The van der Waals surface area contributed by atoms with Crippen molar-refractivity contribution < 1.29 is 13.2 Å². The molecule has 2 aliphatic heterocycles. The van der Waals surface area contributed by atoms with Crippen LogP contribution < -0.4 is 4.90 Å². The van der Waals surface area contributed by atoms with Gasteiger partial charge in [-0.15, -0.1) is 0 Å². The number of halogens is 1. The molecule has 166 valence electrons. The monoisotopic (exact) mass is 505 g/mol. The average molecular weight is 506 g/mol. The number of nitrogens with zero attached hydrogens (tertiary/aromatic N) is 3. The van der Waals surface area contributed by atoms with Crippen molar-refractivity contribution >= 4 is 37.5 Å². The van der Waals surface area contributed by atoms with Gasteiger partial charge in [0.1, 0.15) is 0 Å². The molecule has 0 radical (unpaired) electrons. The molecule has 1 saturated heterocycles. The number of carbonyl (C=O) groups is 1. The third kappa shape index (κ3) is 4.72. The number of rotatable bonds is 5. The van der Waals surface area contributed by atoms with E-state index >= 15 is 0 Å². The van der Waals surface area contributed by atoms with Crippen molar-refractivity contribution in [1.82, 2.24) is 9.21 Å². The van der Waals surface area contributed by atoms with Crippen molar-refractivity contribution in [3.05, 3.63) is 58.1 Å². The molecule has 1 unspecified atom stereocenters.